The smallest absolute Gasteiger partial charge is 0.159 e. The van der Waals surface area contributed by atoms with E-state index < -0.39 is 0 Å². The number of hydrogen-bond acceptors (Lipinski definition) is 2. The van der Waals surface area contributed by atoms with E-state index in [1.807, 2.05) is 17.7 Å². The number of nitrogens with zero attached hydrogens (tertiary/aromatic N) is 2. The Labute approximate surface area is 115 Å². The average molecular weight is 268 g/mol. The van der Waals surface area contributed by atoms with E-state index in [1.54, 1.807) is 24.3 Å². The second-order valence-electron chi connectivity index (χ2n) is 4.76. The number of fused-ring (bicyclic) bond motifs is 1. The maximum Gasteiger partial charge on any atom is 0.159 e. The number of Topliss-reactive ketones (excluding diaryl/α,β-unsaturated/α-hetero) is 1. The van der Waals surface area contributed by atoms with Gasteiger partial charge in [-0.15, -0.1) is 0 Å². The van der Waals surface area contributed by atoms with Crippen LogP contribution in [-0.2, 0) is 7.05 Å². The van der Waals surface area contributed by atoms with E-state index in [0.29, 0.717) is 5.56 Å². The Bertz CT molecular complexity index is 803. The Morgan fingerprint density at radius 1 is 1.15 bits per heavy atom. The third-order valence-corrected chi connectivity index (χ3v) is 3.39. The molecule has 3 rings (SSSR count). The van der Waals surface area contributed by atoms with Crippen LogP contribution in [0.15, 0.2) is 42.5 Å². The van der Waals surface area contributed by atoms with E-state index in [2.05, 4.69) is 4.98 Å². The van der Waals surface area contributed by atoms with Crippen molar-refractivity contribution in [1.29, 1.82) is 0 Å². The van der Waals surface area contributed by atoms with Gasteiger partial charge in [0.15, 0.2) is 5.78 Å². The standard InChI is InChI=1S/C16H13FN2O/c1-10(20)12-5-8-15-14(9-12)18-16(19(15)2)11-3-6-13(17)7-4-11/h3-9H,1-2H3. The van der Waals surface area contributed by atoms with Gasteiger partial charge in [0.2, 0.25) is 0 Å². The lowest BCUT2D eigenvalue weighted by Gasteiger charge is -2.02. The summed E-state index contributed by atoms with van der Waals surface area (Å²) in [5.41, 5.74) is 3.18. The molecule has 1 aromatic heterocycles. The molecule has 0 bridgehead atoms. The van der Waals surface area contributed by atoms with Crippen molar-refractivity contribution >= 4 is 16.8 Å². The molecular formula is C16H13FN2O. The molecule has 0 spiro atoms. The molecule has 0 aliphatic rings. The van der Waals surface area contributed by atoms with Crippen LogP contribution in [0.1, 0.15) is 17.3 Å². The molecule has 0 saturated heterocycles. The van der Waals surface area contributed by atoms with Crippen LogP contribution in [0, 0.1) is 5.82 Å². The molecule has 0 N–H and O–H groups in total. The number of hydrogen-bond donors (Lipinski definition) is 0. The second-order valence-corrected chi connectivity index (χ2v) is 4.76. The summed E-state index contributed by atoms with van der Waals surface area (Å²) >= 11 is 0. The van der Waals surface area contributed by atoms with Gasteiger partial charge in [-0.3, -0.25) is 4.79 Å². The van der Waals surface area contributed by atoms with Crippen molar-refractivity contribution in [2.24, 2.45) is 7.05 Å². The first-order chi connectivity index (χ1) is 9.56. The third kappa shape index (κ3) is 1.99. The molecule has 0 amide bonds. The van der Waals surface area contributed by atoms with Gasteiger partial charge in [-0.05, 0) is 49.4 Å². The molecule has 0 atom stereocenters. The summed E-state index contributed by atoms with van der Waals surface area (Å²) < 4.78 is 14.9. The highest BCUT2D eigenvalue weighted by atomic mass is 19.1. The summed E-state index contributed by atoms with van der Waals surface area (Å²) in [6, 6.07) is 11.7. The van der Waals surface area contributed by atoms with Crippen molar-refractivity contribution in [1.82, 2.24) is 9.55 Å². The zero-order valence-corrected chi connectivity index (χ0v) is 11.2. The fraction of sp³-hybridized carbons (Fsp3) is 0.125. The van der Waals surface area contributed by atoms with Gasteiger partial charge in [0.1, 0.15) is 11.6 Å². The van der Waals surface area contributed by atoms with Crippen molar-refractivity contribution in [2.75, 3.05) is 0 Å². The van der Waals surface area contributed by atoms with Crippen LogP contribution in [0.5, 0.6) is 0 Å². The number of aryl methyl sites for hydroxylation is 1. The van der Waals surface area contributed by atoms with Crippen LogP contribution in [-0.4, -0.2) is 15.3 Å². The highest BCUT2D eigenvalue weighted by molar-refractivity contribution is 5.97. The van der Waals surface area contributed by atoms with Gasteiger partial charge in [0.25, 0.3) is 0 Å². The van der Waals surface area contributed by atoms with Crippen LogP contribution in [0.4, 0.5) is 4.39 Å². The fourth-order valence-corrected chi connectivity index (χ4v) is 2.28. The number of carbonyl (C=O) groups excluding carboxylic acids is 1. The highest BCUT2D eigenvalue weighted by Gasteiger charge is 2.11. The van der Waals surface area contributed by atoms with E-state index in [-0.39, 0.29) is 11.6 Å². The lowest BCUT2D eigenvalue weighted by molar-refractivity contribution is 0.101. The fourth-order valence-electron chi connectivity index (χ4n) is 2.28. The molecular weight excluding hydrogens is 255 g/mol. The number of ketones is 1. The molecule has 100 valence electrons. The number of aromatic nitrogens is 2. The summed E-state index contributed by atoms with van der Waals surface area (Å²) in [6.45, 7) is 1.53. The normalized spacial score (nSPS) is 10.9. The number of rotatable bonds is 2. The van der Waals surface area contributed by atoms with Crippen molar-refractivity contribution in [2.45, 2.75) is 6.92 Å². The van der Waals surface area contributed by atoms with Crippen LogP contribution >= 0.6 is 0 Å². The third-order valence-electron chi connectivity index (χ3n) is 3.39. The molecule has 0 saturated carbocycles. The average Bonchev–Trinajstić information content (AvgIpc) is 2.76. The molecule has 4 heteroatoms. The first kappa shape index (κ1) is 12.5. The Kier molecular flexibility index (Phi) is 2.86. The summed E-state index contributed by atoms with van der Waals surface area (Å²) in [5.74, 6) is 0.493. The van der Waals surface area contributed by atoms with Crippen molar-refractivity contribution in [3.05, 3.63) is 53.8 Å². The van der Waals surface area contributed by atoms with E-state index in [9.17, 15) is 9.18 Å². The number of halogens is 1. The minimum absolute atomic E-state index is 0.0147. The molecule has 20 heavy (non-hydrogen) atoms. The predicted octanol–water partition coefficient (Wildman–Crippen LogP) is 3.58. The molecule has 0 fully saturated rings. The largest absolute Gasteiger partial charge is 0.327 e. The van der Waals surface area contributed by atoms with Crippen molar-refractivity contribution in [3.8, 4) is 11.4 Å². The zero-order chi connectivity index (χ0) is 14.3. The molecule has 0 aliphatic carbocycles. The number of imidazole rings is 1. The SMILES string of the molecule is CC(=O)c1ccc2c(c1)nc(-c1ccc(F)cc1)n2C. The second kappa shape index (κ2) is 4.56. The number of benzene rings is 2. The van der Waals surface area contributed by atoms with Crippen LogP contribution < -0.4 is 0 Å². The molecule has 0 aliphatic heterocycles. The van der Waals surface area contributed by atoms with Crippen LogP contribution in [0.3, 0.4) is 0 Å². The molecule has 3 aromatic rings. The minimum Gasteiger partial charge on any atom is -0.327 e. The summed E-state index contributed by atoms with van der Waals surface area (Å²) in [4.78, 5) is 16.0. The Balaban J connectivity index is 2.19. The van der Waals surface area contributed by atoms with Crippen LogP contribution in [0.2, 0.25) is 0 Å². The highest BCUT2D eigenvalue weighted by Crippen LogP contribution is 2.24. The summed E-state index contributed by atoms with van der Waals surface area (Å²) in [7, 11) is 1.90. The summed E-state index contributed by atoms with van der Waals surface area (Å²) in [5, 5.41) is 0. The quantitative estimate of drug-likeness (QED) is 0.666. The van der Waals surface area contributed by atoms with Crippen molar-refractivity contribution in [3.63, 3.8) is 0 Å². The minimum atomic E-state index is -0.272. The van der Waals surface area contributed by atoms with Crippen molar-refractivity contribution < 1.29 is 9.18 Å². The molecule has 3 nitrogen and oxygen atoms in total. The van der Waals surface area contributed by atoms with Gasteiger partial charge in [-0.25, -0.2) is 9.37 Å². The van der Waals surface area contributed by atoms with Crippen LogP contribution in [0.25, 0.3) is 22.4 Å². The van der Waals surface area contributed by atoms with E-state index in [4.69, 9.17) is 0 Å². The monoisotopic (exact) mass is 268 g/mol. The lowest BCUT2D eigenvalue weighted by Crippen LogP contribution is -1.93. The van der Waals surface area contributed by atoms with Gasteiger partial charge in [-0.2, -0.15) is 0 Å². The molecule has 1 heterocycles. The zero-order valence-electron chi connectivity index (χ0n) is 11.2. The number of carbonyl (C=O) groups is 1. The summed E-state index contributed by atoms with van der Waals surface area (Å²) in [6.07, 6.45) is 0. The van der Waals surface area contributed by atoms with E-state index in [0.717, 1.165) is 22.4 Å². The van der Waals surface area contributed by atoms with Gasteiger partial charge >= 0.3 is 0 Å². The van der Waals surface area contributed by atoms with Gasteiger partial charge in [0, 0.05) is 18.2 Å². The topological polar surface area (TPSA) is 34.9 Å². The van der Waals surface area contributed by atoms with E-state index >= 15 is 0 Å². The first-order valence-electron chi connectivity index (χ1n) is 6.29. The first-order valence-corrected chi connectivity index (χ1v) is 6.29. The Morgan fingerprint density at radius 2 is 1.85 bits per heavy atom. The Morgan fingerprint density at radius 3 is 2.50 bits per heavy atom. The maximum atomic E-state index is 13.0. The van der Waals surface area contributed by atoms with Gasteiger partial charge < -0.3 is 4.57 Å². The van der Waals surface area contributed by atoms with Gasteiger partial charge in [-0.1, -0.05) is 0 Å². The predicted molar refractivity (Wildman–Crippen MR) is 76.1 cm³/mol. The van der Waals surface area contributed by atoms with Gasteiger partial charge in [0.05, 0.1) is 11.0 Å². The Hall–Kier alpha value is -2.49. The lowest BCUT2D eigenvalue weighted by atomic mass is 10.1. The molecule has 2 aromatic carbocycles. The van der Waals surface area contributed by atoms with E-state index in [1.165, 1.54) is 19.1 Å². The molecule has 0 radical (unpaired) electrons. The molecule has 0 unspecified atom stereocenters. The maximum absolute atomic E-state index is 13.0.